The van der Waals surface area contributed by atoms with Gasteiger partial charge in [-0.2, -0.15) is 0 Å². The third-order valence-corrected chi connectivity index (χ3v) is 4.58. The lowest BCUT2D eigenvalue weighted by molar-refractivity contribution is -0.124. The number of rotatable bonds is 1. The second kappa shape index (κ2) is 4.97. The molecule has 0 saturated heterocycles. The first-order valence-corrected chi connectivity index (χ1v) is 7.35. The molecular weight excluding hydrogens is 236 g/mol. The summed E-state index contributed by atoms with van der Waals surface area (Å²) in [5, 5.41) is 0. The van der Waals surface area contributed by atoms with Crippen molar-refractivity contribution in [1.29, 1.82) is 0 Å². The summed E-state index contributed by atoms with van der Waals surface area (Å²) in [6, 6.07) is 8.55. The normalized spacial score (nSPS) is 30.2. The predicted octanol–water partition coefficient (Wildman–Crippen LogP) is 2.48. The van der Waals surface area contributed by atoms with E-state index >= 15 is 0 Å². The highest BCUT2D eigenvalue weighted by Crippen LogP contribution is 2.35. The molecule has 1 aromatic rings. The summed E-state index contributed by atoms with van der Waals surface area (Å²) in [5.74, 6) is 0.256. The molecule has 3 atom stereocenters. The van der Waals surface area contributed by atoms with Crippen LogP contribution in [0.2, 0.25) is 0 Å². The van der Waals surface area contributed by atoms with Crippen molar-refractivity contribution < 1.29 is 4.79 Å². The minimum absolute atomic E-state index is 0.0161. The molecule has 1 amide bonds. The lowest BCUT2D eigenvalue weighted by Crippen LogP contribution is -2.47. The molecule has 2 aliphatic rings. The molecule has 0 radical (unpaired) electrons. The molecular formula is C16H22N2O. The lowest BCUT2D eigenvalue weighted by atomic mass is 9.84. The molecule has 0 spiro atoms. The summed E-state index contributed by atoms with van der Waals surface area (Å²) in [7, 11) is 0. The van der Waals surface area contributed by atoms with E-state index < -0.39 is 0 Å². The molecule has 1 aromatic carbocycles. The minimum atomic E-state index is 0.0161. The molecule has 3 heteroatoms. The number of hydrogen-bond donors (Lipinski definition) is 1. The van der Waals surface area contributed by atoms with Crippen LogP contribution in [0, 0.1) is 5.92 Å². The fourth-order valence-electron chi connectivity index (χ4n) is 3.55. The Hall–Kier alpha value is -1.35. The van der Waals surface area contributed by atoms with Gasteiger partial charge in [0, 0.05) is 17.8 Å². The fourth-order valence-corrected chi connectivity index (χ4v) is 3.55. The zero-order chi connectivity index (χ0) is 13.4. The van der Waals surface area contributed by atoms with Gasteiger partial charge in [0.05, 0.1) is 5.92 Å². The number of fused-ring (bicyclic) bond motifs is 1. The predicted molar refractivity (Wildman–Crippen MR) is 77.0 cm³/mol. The molecule has 3 unspecified atom stereocenters. The number of amides is 1. The summed E-state index contributed by atoms with van der Waals surface area (Å²) in [6.07, 6.45) is 5.20. The van der Waals surface area contributed by atoms with Gasteiger partial charge in [0.15, 0.2) is 0 Å². The maximum atomic E-state index is 12.8. The van der Waals surface area contributed by atoms with Gasteiger partial charge in [-0.3, -0.25) is 4.79 Å². The minimum Gasteiger partial charge on any atom is -0.327 e. The first-order chi connectivity index (χ1) is 9.18. The number of nitrogens with zero attached hydrogens (tertiary/aromatic N) is 1. The summed E-state index contributed by atoms with van der Waals surface area (Å²) < 4.78 is 0. The van der Waals surface area contributed by atoms with Crippen molar-refractivity contribution in [2.24, 2.45) is 11.7 Å². The zero-order valence-corrected chi connectivity index (χ0v) is 11.5. The van der Waals surface area contributed by atoms with Crippen molar-refractivity contribution in [3.05, 3.63) is 29.8 Å². The van der Waals surface area contributed by atoms with Crippen molar-refractivity contribution in [3.8, 4) is 0 Å². The summed E-state index contributed by atoms with van der Waals surface area (Å²) >= 11 is 0. The van der Waals surface area contributed by atoms with Crippen LogP contribution in [0.4, 0.5) is 5.69 Å². The Kier molecular flexibility index (Phi) is 3.31. The van der Waals surface area contributed by atoms with Crippen LogP contribution < -0.4 is 10.6 Å². The van der Waals surface area contributed by atoms with E-state index in [-0.39, 0.29) is 23.9 Å². The molecule has 1 aliphatic carbocycles. The third kappa shape index (κ3) is 2.16. The average Bonchev–Trinajstić information content (AvgIpc) is 2.74. The Bertz CT molecular complexity index is 485. The summed E-state index contributed by atoms with van der Waals surface area (Å²) in [5.41, 5.74) is 8.55. The maximum absolute atomic E-state index is 12.8. The van der Waals surface area contributed by atoms with Gasteiger partial charge in [-0.25, -0.2) is 0 Å². The monoisotopic (exact) mass is 258 g/mol. The van der Waals surface area contributed by atoms with Crippen molar-refractivity contribution in [1.82, 2.24) is 0 Å². The largest absolute Gasteiger partial charge is 0.327 e. The molecule has 3 nitrogen and oxygen atoms in total. The molecule has 3 rings (SSSR count). The Labute approximate surface area is 114 Å². The van der Waals surface area contributed by atoms with Gasteiger partial charge in [-0.15, -0.1) is 0 Å². The number of nitrogens with two attached hydrogens (primary N) is 1. The van der Waals surface area contributed by atoms with Crippen LogP contribution in [0.5, 0.6) is 0 Å². The number of anilines is 1. The van der Waals surface area contributed by atoms with E-state index in [0.717, 1.165) is 37.8 Å². The van der Waals surface area contributed by atoms with Gasteiger partial charge in [-0.1, -0.05) is 31.0 Å². The second-order valence-electron chi connectivity index (χ2n) is 5.94. The van der Waals surface area contributed by atoms with E-state index in [2.05, 4.69) is 19.1 Å². The van der Waals surface area contributed by atoms with Gasteiger partial charge < -0.3 is 10.6 Å². The Morgan fingerprint density at radius 3 is 2.79 bits per heavy atom. The van der Waals surface area contributed by atoms with Gasteiger partial charge in [0.25, 0.3) is 0 Å². The highest BCUT2D eigenvalue weighted by Gasteiger charge is 2.37. The van der Waals surface area contributed by atoms with Crippen LogP contribution >= 0.6 is 0 Å². The highest BCUT2D eigenvalue weighted by molar-refractivity contribution is 5.98. The van der Waals surface area contributed by atoms with E-state index in [1.165, 1.54) is 5.56 Å². The van der Waals surface area contributed by atoms with Crippen molar-refractivity contribution >= 4 is 11.6 Å². The Morgan fingerprint density at radius 1 is 1.26 bits per heavy atom. The van der Waals surface area contributed by atoms with Crippen molar-refractivity contribution in [2.75, 3.05) is 4.90 Å². The molecule has 1 fully saturated rings. The summed E-state index contributed by atoms with van der Waals surface area (Å²) in [4.78, 5) is 14.8. The summed E-state index contributed by atoms with van der Waals surface area (Å²) in [6.45, 7) is 2.13. The van der Waals surface area contributed by atoms with E-state index in [9.17, 15) is 4.79 Å². The molecule has 19 heavy (non-hydrogen) atoms. The Balaban J connectivity index is 1.87. The number of carbonyl (C=O) groups excluding carboxylic acids is 1. The molecule has 102 valence electrons. The van der Waals surface area contributed by atoms with Crippen LogP contribution in [0.1, 0.15) is 38.2 Å². The number of carbonyl (C=O) groups is 1. The first kappa shape index (κ1) is 12.7. The van der Waals surface area contributed by atoms with E-state index in [1.54, 1.807) is 0 Å². The van der Waals surface area contributed by atoms with Gasteiger partial charge in [0.2, 0.25) is 5.91 Å². The fraction of sp³-hybridized carbons (Fsp3) is 0.562. The van der Waals surface area contributed by atoms with Crippen LogP contribution in [-0.2, 0) is 11.2 Å². The number of benzene rings is 1. The molecule has 2 N–H and O–H groups in total. The lowest BCUT2D eigenvalue weighted by Gasteiger charge is -2.33. The van der Waals surface area contributed by atoms with Crippen LogP contribution in [0.15, 0.2) is 24.3 Å². The van der Waals surface area contributed by atoms with Gasteiger partial charge >= 0.3 is 0 Å². The Morgan fingerprint density at radius 2 is 2.00 bits per heavy atom. The van der Waals surface area contributed by atoms with E-state index in [4.69, 9.17) is 5.73 Å². The molecule has 1 aliphatic heterocycles. The SMILES string of the molecule is CC1Cc2ccccc2N1C(=O)C1CCCCC1N. The van der Waals surface area contributed by atoms with Gasteiger partial charge in [0.1, 0.15) is 0 Å². The van der Waals surface area contributed by atoms with Gasteiger partial charge in [-0.05, 0) is 37.8 Å². The average molecular weight is 258 g/mol. The molecule has 1 saturated carbocycles. The second-order valence-corrected chi connectivity index (χ2v) is 5.94. The highest BCUT2D eigenvalue weighted by atomic mass is 16.2. The van der Waals surface area contributed by atoms with Crippen LogP contribution in [-0.4, -0.2) is 18.0 Å². The maximum Gasteiger partial charge on any atom is 0.231 e. The molecule has 0 bridgehead atoms. The van der Waals surface area contributed by atoms with E-state index in [0.29, 0.717) is 0 Å². The van der Waals surface area contributed by atoms with Crippen LogP contribution in [0.3, 0.4) is 0 Å². The molecule has 0 aromatic heterocycles. The standard InChI is InChI=1S/C16H22N2O/c1-11-10-12-6-2-5-9-15(12)18(11)16(19)13-7-3-4-8-14(13)17/h2,5-6,9,11,13-14H,3-4,7-8,10,17H2,1H3. The molecule has 1 heterocycles. The zero-order valence-electron chi connectivity index (χ0n) is 11.5. The number of hydrogen-bond acceptors (Lipinski definition) is 2. The van der Waals surface area contributed by atoms with Crippen molar-refractivity contribution in [3.63, 3.8) is 0 Å². The van der Waals surface area contributed by atoms with Crippen LogP contribution in [0.25, 0.3) is 0 Å². The first-order valence-electron chi connectivity index (χ1n) is 7.35. The van der Waals surface area contributed by atoms with Crippen molar-refractivity contribution in [2.45, 2.75) is 51.1 Å². The topological polar surface area (TPSA) is 46.3 Å². The smallest absolute Gasteiger partial charge is 0.231 e. The number of para-hydroxylation sites is 1. The quantitative estimate of drug-likeness (QED) is 0.841. The van der Waals surface area contributed by atoms with E-state index in [1.807, 2.05) is 17.0 Å². The third-order valence-electron chi connectivity index (χ3n) is 4.58.